The minimum Gasteiger partial charge on any atom is -0.377 e. The third-order valence-corrected chi connectivity index (χ3v) is 4.39. The molecule has 1 aromatic heterocycles. The highest BCUT2D eigenvalue weighted by atomic mass is 32.1. The van der Waals surface area contributed by atoms with Gasteiger partial charge in [-0.25, -0.2) is 0 Å². The molecule has 0 saturated carbocycles. The van der Waals surface area contributed by atoms with Crippen molar-refractivity contribution >= 4 is 33.2 Å². The third-order valence-electron chi connectivity index (χ3n) is 3.43. The van der Waals surface area contributed by atoms with Gasteiger partial charge in [-0.1, -0.05) is 18.2 Å². The molecule has 1 saturated heterocycles. The number of benzene rings is 1. The van der Waals surface area contributed by atoms with Crippen LogP contribution in [0.25, 0.3) is 10.1 Å². The Morgan fingerprint density at radius 1 is 1.35 bits per heavy atom. The van der Waals surface area contributed by atoms with Crippen LogP contribution >= 0.6 is 11.3 Å². The van der Waals surface area contributed by atoms with Gasteiger partial charge in [-0.15, -0.1) is 11.3 Å². The standard InChI is InChI=1S/C14H14N2O3S/c15-13(17)11-7-19-6-5-16(11)14(18)10-8-20-12-4-2-1-3-9(10)12/h1-4,8,11H,5-7H2,(H2,15,17)/t11-/m0/s1. The predicted molar refractivity (Wildman–Crippen MR) is 76.7 cm³/mol. The fourth-order valence-corrected chi connectivity index (χ4v) is 3.32. The second kappa shape index (κ2) is 5.22. The molecule has 2 heterocycles. The fraction of sp³-hybridized carbons (Fsp3) is 0.286. The van der Waals surface area contributed by atoms with Gasteiger partial charge < -0.3 is 15.4 Å². The Bertz CT molecular complexity index is 667. The first-order valence-electron chi connectivity index (χ1n) is 6.33. The summed E-state index contributed by atoms with van der Waals surface area (Å²) >= 11 is 1.52. The summed E-state index contributed by atoms with van der Waals surface area (Å²) in [7, 11) is 0. The van der Waals surface area contributed by atoms with Crippen LogP contribution in [-0.2, 0) is 9.53 Å². The fourth-order valence-electron chi connectivity index (χ4n) is 2.38. The van der Waals surface area contributed by atoms with Gasteiger partial charge >= 0.3 is 0 Å². The van der Waals surface area contributed by atoms with Gasteiger partial charge in [0.2, 0.25) is 5.91 Å². The maximum Gasteiger partial charge on any atom is 0.256 e. The number of hydrogen-bond donors (Lipinski definition) is 1. The monoisotopic (exact) mass is 290 g/mol. The summed E-state index contributed by atoms with van der Waals surface area (Å²) in [6.07, 6.45) is 0. The van der Waals surface area contributed by atoms with Crippen molar-refractivity contribution in [1.82, 2.24) is 4.90 Å². The molecule has 1 aliphatic heterocycles. The molecule has 104 valence electrons. The Morgan fingerprint density at radius 3 is 2.95 bits per heavy atom. The van der Waals surface area contributed by atoms with E-state index in [-0.39, 0.29) is 12.5 Å². The molecule has 1 fully saturated rings. The SMILES string of the molecule is NC(=O)[C@@H]1COCCN1C(=O)c1csc2ccccc12. The molecule has 2 aromatic rings. The molecule has 0 unspecified atom stereocenters. The number of hydrogen-bond acceptors (Lipinski definition) is 4. The van der Waals surface area contributed by atoms with Crippen molar-refractivity contribution in [1.29, 1.82) is 0 Å². The van der Waals surface area contributed by atoms with Crippen LogP contribution in [0.1, 0.15) is 10.4 Å². The van der Waals surface area contributed by atoms with Crippen molar-refractivity contribution in [3.05, 3.63) is 35.2 Å². The molecule has 0 spiro atoms. The molecule has 0 radical (unpaired) electrons. The van der Waals surface area contributed by atoms with Crippen LogP contribution in [0.2, 0.25) is 0 Å². The molecule has 1 atom stereocenters. The smallest absolute Gasteiger partial charge is 0.256 e. The number of primary amides is 1. The Labute approximate surface area is 119 Å². The molecular formula is C14H14N2O3S. The molecular weight excluding hydrogens is 276 g/mol. The molecule has 2 amide bonds. The van der Waals surface area contributed by atoms with E-state index in [4.69, 9.17) is 10.5 Å². The Morgan fingerprint density at radius 2 is 2.15 bits per heavy atom. The number of nitrogens with zero attached hydrogens (tertiary/aromatic N) is 1. The first kappa shape index (κ1) is 13.1. The maximum atomic E-state index is 12.7. The lowest BCUT2D eigenvalue weighted by Gasteiger charge is -2.33. The van der Waals surface area contributed by atoms with Gasteiger partial charge in [-0.2, -0.15) is 0 Å². The van der Waals surface area contributed by atoms with E-state index >= 15 is 0 Å². The lowest BCUT2D eigenvalue weighted by atomic mass is 10.1. The highest BCUT2D eigenvalue weighted by molar-refractivity contribution is 7.17. The summed E-state index contributed by atoms with van der Waals surface area (Å²) in [5.41, 5.74) is 5.98. The van der Waals surface area contributed by atoms with Gasteiger partial charge in [0.1, 0.15) is 6.04 Å². The van der Waals surface area contributed by atoms with Crippen molar-refractivity contribution in [2.45, 2.75) is 6.04 Å². The van der Waals surface area contributed by atoms with Crippen molar-refractivity contribution in [3.8, 4) is 0 Å². The van der Waals surface area contributed by atoms with Crippen LogP contribution in [0, 0.1) is 0 Å². The number of morpholine rings is 1. The van der Waals surface area contributed by atoms with Gasteiger partial charge in [0, 0.05) is 22.0 Å². The van der Waals surface area contributed by atoms with Crippen LogP contribution in [-0.4, -0.2) is 42.5 Å². The van der Waals surface area contributed by atoms with E-state index in [1.54, 1.807) is 0 Å². The number of rotatable bonds is 2. The lowest BCUT2D eigenvalue weighted by Crippen LogP contribution is -2.54. The average Bonchev–Trinajstić information content (AvgIpc) is 2.90. The van der Waals surface area contributed by atoms with Crippen LogP contribution in [0.4, 0.5) is 0 Å². The molecule has 20 heavy (non-hydrogen) atoms. The molecule has 1 aromatic carbocycles. The molecule has 6 heteroatoms. The van der Waals surface area contributed by atoms with E-state index in [0.29, 0.717) is 18.7 Å². The highest BCUT2D eigenvalue weighted by Crippen LogP contribution is 2.27. The number of ether oxygens (including phenoxy) is 1. The summed E-state index contributed by atoms with van der Waals surface area (Å²) in [4.78, 5) is 25.6. The van der Waals surface area contributed by atoms with Crippen LogP contribution in [0.15, 0.2) is 29.6 Å². The van der Waals surface area contributed by atoms with Crippen LogP contribution in [0.5, 0.6) is 0 Å². The quantitative estimate of drug-likeness (QED) is 0.904. The minimum absolute atomic E-state index is 0.158. The second-order valence-corrected chi connectivity index (χ2v) is 5.55. The summed E-state index contributed by atoms with van der Waals surface area (Å²) in [5, 5.41) is 2.75. The zero-order valence-electron chi connectivity index (χ0n) is 10.7. The molecule has 0 aliphatic carbocycles. The van der Waals surface area contributed by atoms with Crippen molar-refractivity contribution in [2.24, 2.45) is 5.73 Å². The number of carbonyl (C=O) groups is 2. The van der Waals surface area contributed by atoms with E-state index in [9.17, 15) is 9.59 Å². The Kier molecular flexibility index (Phi) is 3.42. The second-order valence-electron chi connectivity index (χ2n) is 4.64. The maximum absolute atomic E-state index is 12.7. The summed E-state index contributed by atoms with van der Waals surface area (Å²) in [6, 6.07) is 7.04. The van der Waals surface area contributed by atoms with E-state index < -0.39 is 11.9 Å². The van der Waals surface area contributed by atoms with Crippen LogP contribution in [0.3, 0.4) is 0 Å². The first-order valence-corrected chi connectivity index (χ1v) is 7.20. The number of amides is 2. The van der Waals surface area contributed by atoms with E-state index in [1.165, 1.54) is 16.2 Å². The number of nitrogens with two attached hydrogens (primary N) is 1. The van der Waals surface area contributed by atoms with Gasteiger partial charge in [-0.05, 0) is 6.07 Å². The van der Waals surface area contributed by atoms with Gasteiger partial charge in [0.05, 0.1) is 18.8 Å². The normalized spacial score (nSPS) is 19.2. The van der Waals surface area contributed by atoms with E-state index in [2.05, 4.69) is 0 Å². The number of thiophene rings is 1. The minimum atomic E-state index is -0.685. The van der Waals surface area contributed by atoms with E-state index in [1.807, 2.05) is 29.6 Å². The topological polar surface area (TPSA) is 72.6 Å². The predicted octanol–water partition coefficient (Wildman–Crippen LogP) is 1.23. The number of carbonyl (C=O) groups excluding carboxylic acids is 2. The number of fused-ring (bicyclic) bond motifs is 1. The molecule has 1 aliphatic rings. The van der Waals surface area contributed by atoms with Gasteiger partial charge in [0.15, 0.2) is 0 Å². The zero-order valence-corrected chi connectivity index (χ0v) is 11.6. The van der Waals surface area contributed by atoms with Crippen molar-refractivity contribution in [3.63, 3.8) is 0 Å². The van der Waals surface area contributed by atoms with Crippen molar-refractivity contribution < 1.29 is 14.3 Å². The molecule has 0 bridgehead atoms. The van der Waals surface area contributed by atoms with Gasteiger partial charge in [0.25, 0.3) is 5.91 Å². The first-order chi connectivity index (χ1) is 9.68. The lowest BCUT2D eigenvalue weighted by molar-refractivity contribution is -0.127. The average molecular weight is 290 g/mol. The zero-order chi connectivity index (χ0) is 14.1. The molecule has 5 nitrogen and oxygen atoms in total. The molecule has 3 rings (SSSR count). The van der Waals surface area contributed by atoms with E-state index in [0.717, 1.165) is 10.1 Å². The van der Waals surface area contributed by atoms with Gasteiger partial charge in [-0.3, -0.25) is 9.59 Å². The largest absolute Gasteiger partial charge is 0.377 e. The Balaban J connectivity index is 1.96. The summed E-state index contributed by atoms with van der Waals surface area (Å²) in [6.45, 7) is 0.983. The molecule has 2 N–H and O–H groups in total. The van der Waals surface area contributed by atoms with Crippen molar-refractivity contribution in [2.75, 3.05) is 19.8 Å². The third kappa shape index (κ3) is 2.17. The highest BCUT2D eigenvalue weighted by Gasteiger charge is 2.32. The van der Waals surface area contributed by atoms with Crippen LogP contribution < -0.4 is 5.73 Å². The Hall–Kier alpha value is -1.92. The summed E-state index contributed by atoms with van der Waals surface area (Å²) in [5.74, 6) is -0.688. The summed E-state index contributed by atoms with van der Waals surface area (Å²) < 4.78 is 6.29.